The van der Waals surface area contributed by atoms with Crippen molar-refractivity contribution in [2.75, 3.05) is 7.05 Å². The van der Waals surface area contributed by atoms with Gasteiger partial charge in [0.2, 0.25) is 0 Å². The number of benzene rings is 2. The molecule has 1 N–H and O–H groups in total. The van der Waals surface area contributed by atoms with Gasteiger partial charge in [-0.3, -0.25) is 0 Å². The Labute approximate surface area is 129 Å². The van der Waals surface area contributed by atoms with Crippen LogP contribution in [0.3, 0.4) is 0 Å². The molecule has 0 aliphatic heterocycles. The van der Waals surface area contributed by atoms with E-state index in [1.54, 1.807) is 0 Å². The van der Waals surface area contributed by atoms with Crippen molar-refractivity contribution in [3.8, 4) is 11.5 Å². The quantitative estimate of drug-likeness (QED) is 0.823. The van der Waals surface area contributed by atoms with Crippen LogP contribution in [0, 0.1) is 0 Å². The molecule has 2 aromatic rings. The molecule has 0 fully saturated rings. The molecular formula is C17H20BrNO. The molecule has 0 radical (unpaired) electrons. The molecule has 0 saturated carbocycles. The predicted octanol–water partition coefficient (Wildman–Crippen LogP) is 5.08. The Morgan fingerprint density at radius 1 is 1.15 bits per heavy atom. The molecule has 0 saturated heterocycles. The molecule has 20 heavy (non-hydrogen) atoms. The van der Waals surface area contributed by atoms with Gasteiger partial charge in [-0.15, -0.1) is 0 Å². The Hall–Kier alpha value is -1.32. The highest BCUT2D eigenvalue weighted by Crippen LogP contribution is 2.31. The second-order valence-electron chi connectivity index (χ2n) is 5.12. The van der Waals surface area contributed by atoms with E-state index in [2.05, 4.69) is 59.4 Å². The van der Waals surface area contributed by atoms with Crippen LogP contribution in [0.4, 0.5) is 0 Å². The van der Waals surface area contributed by atoms with Crippen LogP contribution in [0.15, 0.2) is 46.9 Å². The fourth-order valence-corrected chi connectivity index (χ4v) is 2.51. The van der Waals surface area contributed by atoms with Crippen molar-refractivity contribution >= 4 is 15.9 Å². The van der Waals surface area contributed by atoms with E-state index in [0.29, 0.717) is 5.92 Å². The molecule has 2 rings (SSSR count). The smallest absolute Gasteiger partial charge is 0.141 e. The van der Waals surface area contributed by atoms with Crippen molar-refractivity contribution in [1.82, 2.24) is 5.32 Å². The SMILES string of the molecule is CNCc1ccc(Oc2cccc(C(C)C)c2)c(Br)c1. The zero-order valence-electron chi connectivity index (χ0n) is 12.1. The molecule has 0 heterocycles. The van der Waals surface area contributed by atoms with E-state index in [9.17, 15) is 0 Å². The topological polar surface area (TPSA) is 21.3 Å². The van der Waals surface area contributed by atoms with Crippen LogP contribution in [-0.2, 0) is 6.54 Å². The van der Waals surface area contributed by atoms with E-state index < -0.39 is 0 Å². The first-order chi connectivity index (χ1) is 9.60. The molecule has 0 spiro atoms. The summed E-state index contributed by atoms with van der Waals surface area (Å²) in [5, 5.41) is 3.14. The molecule has 0 aromatic heterocycles. The summed E-state index contributed by atoms with van der Waals surface area (Å²) in [7, 11) is 1.94. The molecular weight excluding hydrogens is 314 g/mol. The van der Waals surface area contributed by atoms with Gasteiger partial charge in [-0.2, -0.15) is 0 Å². The fourth-order valence-electron chi connectivity index (χ4n) is 2.01. The van der Waals surface area contributed by atoms with Crippen LogP contribution >= 0.6 is 15.9 Å². The van der Waals surface area contributed by atoms with Crippen molar-refractivity contribution < 1.29 is 4.74 Å². The van der Waals surface area contributed by atoms with Gasteiger partial charge in [-0.05, 0) is 64.3 Å². The zero-order chi connectivity index (χ0) is 14.5. The lowest BCUT2D eigenvalue weighted by Gasteiger charge is -2.12. The van der Waals surface area contributed by atoms with Gasteiger partial charge >= 0.3 is 0 Å². The van der Waals surface area contributed by atoms with E-state index in [4.69, 9.17) is 4.74 Å². The van der Waals surface area contributed by atoms with Gasteiger partial charge in [0.15, 0.2) is 0 Å². The zero-order valence-corrected chi connectivity index (χ0v) is 13.7. The maximum atomic E-state index is 5.97. The first-order valence-electron chi connectivity index (χ1n) is 6.81. The molecule has 0 aliphatic rings. The molecule has 2 aromatic carbocycles. The summed E-state index contributed by atoms with van der Waals surface area (Å²) in [6, 6.07) is 14.4. The Balaban J connectivity index is 2.19. The molecule has 106 valence electrons. The Morgan fingerprint density at radius 2 is 1.95 bits per heavy atom. The van der Waals surface area contributed by atoms with E-state index in [1.165, 1.54) is 11.1 Å². The Kier molecular flexibility index (Phi) is 5.21. The van der Waals surface area contributed by atoms with Crippen molar-refractivity contribution in [1.29, 1.82) is 0 Å². The molecule has 0 aliphatic carbocycles. The van der Waals surface area contributed by atoms with Gasteiger partial charge in [0.1, 0.15) is 11.5 Å². The highest BCUT2D eigenvalue weighted by Gasteiger charge is 2.06. The summed E-state index contributed by atoms with van der Waals surface area (Å²) in [4.78, 5) is 0. The molecule has 0 amide bonds. The van der Waals surface area contributed by atoms with E-state index >= 15 is 0 Å². The maximum Gasteiger partial charge on any atom is 0.141 e. The summed E-state index contributed by atoms with van der Waals surface area (Å²) in [6.45, 7) is 5.21. The highest BCUT2D eigenvalue weighted by atomic mass is 79.9. The first kappa shape index (κ1) is 15.1. The molecule has 0 atom stereocenters. The van der Waals surface area contributed by atoms with Crippen LogP contribution in [0.2, 0.25) is 0 Å². The standard InChI is InChI=1S/C17H20BrNO/c1-12(2)14-5-4-6-15(10-14)20-17-8-7-13(11-19-3)9-16(17)18/h4-10,12,19H,11H2,1-3H3. The van der Waals surface area contributed by atoms with Gasteiger partial charge in [0.25, 0.3) is 0 Å². The largest absolute Gasteiger partial charge is 0.456 e. The lowest BCUT2D eigenvalue weighted by molar-refractivity contribution is 0.478. The third-order valence-corrected chi connectivity index (χ3v) is 3.75. The van der Waals surface area contributed by atoms with Crippen molar-refractivity contribution in [3.05, 3.63) is 58.1 Å². The van der Waals surface area contributed by atoms with E-state index in [-0.39, 0.29) is 0 Å². The molecule has 2 nitrogen and oxygen atoms in total. The average Bonchev–Trinajstić information content (AvgIpc) is 2.42. The third kappa shape index (κ3) is 3.84. The minimum Gasteiger partial charge on any atom is -0.456 e. The highest BCUT2D eigenvalue weighted by molar-refractivity contribution is 9.10. The molecule has 3 heteroatoms. The van der Waals surface area contributed by atoms with Crippen LogP contribution < -0.4 is 10.1 Å². The normalized spacial score (nSPS) is 10.8. The van der Waals surface area contributed by atoms with Crippen molar-refractivity contribution in [2.24, 2.45) is 0 Å². The van der Waals surface area contributed by atoms with Crippen molar-refractivity contribution in [2.45, 2.75) is 26.3 Å². The second-order valence-corrected chi connectivity index (χ2v) is 5.98. The minimum absolute atomic E-state index is 0.500. The number of rotatable bonds is 5. The molecule has 0 unspecified atom stereocenters. The minimum atomic E-state index is 0.500. The average molecular weight is 334 g/mol. The van der Waals surface area contributed by atoms with Crippen molar-refractivity contribution in [3.63, 3.8) is 0 Å². The summed E-state index contributed by atoms with van der Waals surface area (Å²) in [5.74, 6) is 2.21. The van der Waals surface area contributed by atoms with Gasteiger partial charge in [0.05, 0.1) is 4.47 Å². The van der Waals surface area contributed by atoms with Gasteiger partial charge in [0, 0.05) is 6.54 Å². The molecule has 0 bridgehead atoms. The Morgan fingerprint density at radius 3 is 2.60 bits per heavy atom. The maximum absolute atomic E-state index is 5.97. The summed E-state index contributed by atoms with van der Waals surface area (Å²) < 4.78 is 6.94. The second kappa shape index (κ2) is 6.91. The summed E-state index contributed by atoms with van der Waals surface area (Å²) in [6.07, 6.45) is 0. The first-order valence-corrected chi connectivity index (χ1v) is 7.60. The predicted molar refractivity (Wildman–Crippen MR) is 87.5 cm³/mol. The number of hydrogen-bond acceptors (Lipinski definition) is 2. The van der Waals surface area contributed by atoms with Crippen LogP contribution in [-0.4, -0.2) is 7.05 Å². The van der Waals surface area contributed by atoms with Gasteiger partial charge in [-0.1, -0.05) is 32.0 Å². The fraction of sp³-hybridized carbons (Fsp3) is 0.294. The van der Waals surface area contributed by atoms with E-state index in [0.717, 1.165) is 22.5 Å². The lowest BCUT2D eigenvalue weighted by atomic mass is 10.0. The lowest BCUT2D eigenvalue weighted by Crippen LogP contribution is -2.04. The summed E-state index contributed by atoms with van der Waals surface area (Å²) >= 11 is 3.57. The van der Waals surface area contributed by atoms with Crippen LogP contribution in [0.5, 0.6) is 11.5 Å². The number of nitrogens with one attached hydrogen (secondary N) is 1. The monoisotopic (exact) mass is 333 g/mol. The van der Waals surface area contributed by atoms with Gasteiger partial charge in [-0.25, -0.2) is 0 Å². The van der Waals surface area contributed by atoms with Crippen LogP contribution in [0.25, 0.3) is 0 Å². The number of hydrogen-bond donors (Lipinski definition) is 1. The Bertz CT molecular complexity index is 581. The van der Waals surface area contributed by atoms with Crippen LogP contribution in [0.1, 0.15) is 30.9 Å². The third-order valence-electron chi connectivity index (χ3n) is 3.13. The summed E-state index contributed by atoms with van der Waals surface area (Å²) in [5.41, 5.74) is 2.51. The number of ether oxygens (including phenoxy) is 1. The van der Waals surface area contributed by atoms with E-state index in [1.807, 2.05) is 25.2 Å². The van der Waals surface area contributed by atoms with Gasteiger partial charge < -0.3 is 10.1 Å². The number of halogens is 1.